The molecule has 3 N–H and O–H groups in total. The van der Waals surface area contributed by atoms with Crippen molar-refractivity contribution in [3.05, 3.63) is 35.9 Å². The van der Waals surface area contributed by atoms with Crippen LogP contribution in [0.2, 0.25) is 0 Å². The molecule has 0 amide bonds. The summed E-state index contributed by atoms with van der Waals surface area (Å²) in [6.07, 6.45) is -3.46. The highest BCUT2D eigenvalue weighted by Crippen LogP contribution is 2.19. The zero-order valence-corrected chi connectivity index (χ0v) is 10.7. The van der Waals surface area contributed by atoms with Crippen LogP contribution in [0.4, 0.5) is 13.2 Å². The van der Waals surface area contributed by atoms with Gasteiger partial charge in [0.1, 0.15) is 0 Å². The highest BCUT2D eigenvalue weighted by atomic mass is 19.4. The third-order valence-electron chi connectivity index (χ3n) is 2.84. The first-order valence-electron chi connectivity index (χ1n) is 6.00. The Hall–Kier alpha value is -1.60. The van der Waals surface area contributed by atoms with Crippen molar-refractivity contribution < 1.29 is 28.2 Å². The molecule has 1 heterocycles. The fraction of sp³-hybridized carbons (Fsp3) is 0.462. The topological polar surface area (TPSA) is 69.6 Å². The molecule has 2 rings (SSSR count). The first-order chi connectivity index (χ1) is 9.23. The van der Waals surface area contributed by atoms with E-state index in [4.69, 9.17) is 9.90 Å². The normalized spacial score (nSPS) is 22.0. The Bertz CT molecular complexity index is 428. The van der Waals surface area contributed by atoms with Crippen molar-refractivity contribution in [2.24, 2.45) is 0 Å². The molecule has 1 aliphatic heterocycles. The van der Waals surface area contributed by atoms with Gasteiger partial charge in [-0.15, -0.1) is 0 Å². The van der Waals surface area contributed by atoms with Gasteiger partial charge in [-0.2, -0.15) is 13.2 Å². The number of carbonyl (C=O) groups is 1. The zero-order valence-electron chi connectivity index (χ0n) is 10.7. The molecule has 1 atom stereocenters. The fourth-order valence-corrected chi connectivity index (χ4v) is 1.86. The van der Waals surface area contributed by atoms with E-state index in [-0.39, 0.29) is 0 Å². The maximum Gasteiger partial charge on any atom is 0.490 e. The van der Waals surface area contributed by atoms with Crippen LogP contribution in [-0.2, 0) is 11.2 Å². The molecule has 1 aliphatic rings. The largest absolute Gasteiger partial charge is 0.490 e. The number of halogens is 3. The van der Waals surface area contributed by atoms with Crippen molar-refractivity contribution in [2.75, 3.05) is 13.1 Å². The molecule has 0 radical (unpaired) electrons. The average Bonchev–Trinajstić information content (AvgIpc) is 2.76. The van der Waals surface area contributed by atoms with Gasteiger partial charge in [0, 0.05) is 13.0 Å². The molecule has 0 saturated carbocycles. The SMILES string of the molecule is O=C(O)C(F)(F)F.OC1(Cc2ccccc2)CCNC1. The van der Waals surface area contributed by atoms with Crippen LogP contribution in [0.5, 0.6) is 0 Å². The summed E-state index contributed by atoms with van der Waals surface area (Å²) in [5.74, 6) is -2.76. The Morgan fingerprint density at radius 1 is 1.30 bits per heavy atom. The lowest BCUT2D eigenvalue weighted by molar-refractivity contribution is -0.192. The Balaban J connectivity index is 0.000000246. The first-order valence-corrected chi connectivity index (χ1v) is 6.00. The summed E-state index contributed by atoms with van der Waals surface area (Å²) in [6.45, 7) is 1.66. The molecule has 1 fully saturated rings. The van der Waals surface area contributed by atoms with Gasteiger partial charge in [-0.3, -0.25) is 0 Å². The van der Waals surface area contributed by atoms with E-state index in [0.717, 1.165) is 25.9 Å². The summed E-state index contributed by atoms with van der Waals surface area (Å²) in [4.78, 5) is 8.90. The van der Waals surface area contributed by atoms with Gasteiger partial charge < -0.3 is 15.5 Å². The summed E-state index contributed by atoms with van der Waals surface area (Å²) in [6, 6.07) is 10.2. The number of hydrogen-bond donors (Lipinski definition) is 3. The van der Waals surface area contributed by atoms with Crippen LogP contribution < -0.4 is 5.32 Å². The second-order valence-corrected chi connectivity index (χ2v) is 4.62. The summed E-state index contributed by atoms with van der Waals surface area (Å²) in [5, 5.41) is 20.4. The number of benzene rings is 1. The van der Waals surface area contributed by atoms with Gasteiger partial charge in [0.05, 0.1) is 5.60 Å². The van der Waals surface area contributed by atoms with Crippen LogP contribution in [-0.4, -0.2) is 41.0 Å². The third-order valence-corrected chi connectivity index (χ3v) is 2.84. The lowest BCUT2D eigenvalue weighted by Crippen LogP contribution is -2.33. The van der Waals surface area contributed by atoms with Crippen molar-refractivity contribution in [1.29, 1.82) is 0 Å². The number of carboxylic acids is 1. The smallest absolute Gasteiger partial charge is 0.475 e. The van der Waals surface area contributed by atoms with Crippen molar-refractivity contribution in [3.63, 3.8) is 0 Å². The summed E-state index contributed by atoms with van der Waals surface area (Å²) in [5.41, 5.74) is 0.704. The molecule has 1 aromatic carbocycles. The van der Waals surface area contributed by atoms with E-state index in [1.54, 1.807) is 0 Å². The maximum absolute atomic E-state index is 10.6. The van der Waals surface area contributed by atoms with Gasteiger partial charge in [0.15, 0.2) is 0 Å². The summed E-state index contributed by atoms with van der Waals surface area (Å²) >= 11 is 0. The molecule has 112 valence electrons. The molecule has 0 aromatic heterocycles. The van der Waals surface area contributed by atoms with E-state index in [2.05, 4.69) is 17.4 Å². The van der Waals surface area contributed by atoms with Crippen LogP contribution in [0.1, 0.15) is 12.0 Å². The quantitative estimate of drug-likeness (QED) is 0.774. The average molecular weight is 291 g/mol. The molecule has 4 nitrogen and oxygen atoms in total. The molecule has 1 saturated heterocycles. The van der Waals surface area contributed by atoms with E-state index in [1.165, 1.54) is 5.56 Å². The fourth-order valence-electron chi connectivity index (χ4n) is 1.86. The molecular weight excluding hydrogens is 275 g/mol. The lowest BCUT2D eigenvalue weighted by Gasteiger charge is -2.20. The minimum Gasteiger partial charge on any atom is -0.475 e. The number of aliphatic carboxylic acids is 1. The van der Waals surface area contributed by atoms with Crippen LogP contribution in [0.15, 0.2) is 30.3 Å². The van der Waals surface area contributed by atoms with Gasteiger partial charge in [-0.25, -0.2) is 4.79 Å². The maximum atomic E-state index is 10.6. The second-order valence-electron chi connectivity index (χ2n) is 4.62. The number of alkyl halides is 3. The Morgan fingerprint density at radius 3 is 2.25 bits per heavy atom. The molecule has 0 bridgehead atoms. The van der Waals surface area contributed by atoms with E-state index in [0.29, 0.717) is 0 Å². The summed E-state index contributed by atoms with van der Waals surface area (Å²) < 4.78 is 31.7. The Kier molecular flexibility index (Phi) is 5.52. The standard InChI is InChI=1S/C11H15NO.C2HF3O2/c13-11(6-7-12-9-11)8-10-4-2-1-3-5-10;3-2(4,5)1(6)7/h1-5,12-13H,6-9H2;(H,6,7). The lowest BCUT2D eigenvalue weighted by atomic mass is 9.94. The van der Waals surface area contributed by atoms with E-state index in [9.17, 15) is 18.3 Å². The Morgan fingerprint density at radius 2 is 1.85 bits per heavy atom. The van der Waals surface area contributed by atoms with E-state index in [1.807, 2.05) is 18.2 Å². The number of carboxylic acid groups (broad SMARTS) is 1. The predicted molar refractivity (Wildman–Crippen MR) is 66.3 cm³/mol. The predicted octanol–water partition coefficient (Wildman–Crippen LogP) is 1.59. The minimum absolute atomic E-state index is 0.513. The van der Waals surface area contributed by atoms with Crippen molar-refractivity contribution in [2.45, 2.75) is 24.6 Å². The second kappa shape index (κ2) is 6.71. The van der Waals surface area contributed by atoms with E-state index >= 15 is 0 Å². The number of nitrogens with one attached hydrogen (secondary N) is 1. The van der Waals surface area contributed by atoms with Gasteiger partial charge >= 0.3 is 12.1 Å². The number of β-amino-alcohol motifs (C(OH)–C–C–N with tert-alkyl or cyclic N) is 1. The molecule has 0 spiro atoms. The van der Waals surface area contributed by atoms with Crippen molar-refractivity contribution in [1.82, 2.24) is 5.32 Å². The van der Waals surface area contributed by atoms with Gasteiger partial charge in [-0.05, 0) is 18.5 Å². The van der Waals surface area contributed by atoms with Gasteiger partial charge in [-0.1, -0.05) is 30.3 Å². The van der Waals surface area contributed by atoms with Crippen molar-refractivity contribution >= 4 is 5.97 Å². The monoisotopic (exact) mass is 291 g/mol. The van der Waals surface area contributed by atoms with Crippen molar-refractivity contribution in [3.8, 4) is 0 Å². The molecule has 7 heteroatoms. The molecule has 0 aliphatic carbocycles. The molecular formula is C13H16F3NO3. The van der Waals surface area contributed by atoms with Crippen LogP contribution in [0.3, 0.4) is 0 Å². The van der Waals surface area contributed by atoms with Crippen LogP contribution in [0.25, 0.3) is 0 Å². The van der Waals surface area contributed by atoms with E-state index < -0.39 is 17.7 Å². The third kappa shape index (κ3) is 5.58. The highest BCUT2D eigenvalue weighted by molar-refractivity contribution is 5.73. The molecule has 1 unspecified atom stereocenters. The Labute approximate surface area is 114 Å². The number of aliphatic hydroxyl groups is 1. The summed E-state index contributed by atoms with van der Waals surface area (Å²) in [7, 11) is 0. The van der Waals surface area contributed by atoms with Gasteiger partial charge in [0.2, 0.25) is 0 Å². The molecule has 1 aromatic rings. The van der Waals surface area contributed by atoms with Crippen LogP contribution >= 0.6 is 0 Å². The minimum atomic E-state index is -5.08. The number of rotatable bonds is 2. The van der Waals surface area contributed by atoms with Gasteiger partial charge in [0.25, 0.3) is 0 Å². The molecule has 20 heavy (non-hydrogen) atoms. The highest BCUT2D eigenvalue weighted by Gasteiger charge is 2.38. The number of hydrogen-bond acceptors (Lipinski definition) is 3. The first kappa shape index (κ1) is 16.5. The van der Waals surface area contributed by atoms with Crippen LogP contribution in [0, 0.1) is 0 Å². The zero-order chi connectivity index (χ0) is 15.2.